The first kappa shape index (κ1) is 22.0. The van der Waals surface area contributed by atoms with Gasteiger partial charge < -0.3 is 20.3 Å². The number of rotatable bonds is 5. The lowest BCUT2D eigenvalue weighted by molar-refractivity contribution is -0.121. The Kier molecular flexibility index (Phi) is 7.21. The summed E-state index contributed by atoms with van der Waals surface area (Å²) >= 11 is 5.88. The average Bonchev–Trinajstić information content (AvgIpc) is 2.75. The quantitative estimate of drug-likeness (QED) is 0.688. The highest BCUT2D eigenvalue weighted by molar-refractivity contribution is 6.30. The molecule has 2 N–H and O–H groups in total. The molecule has 6 nitrogen and oxygen atoms in total. The molecule has 2 aromatic rings. The van der Waals surface area contributed by atoms with E-state index < -0.39 is 0 Å². The van der Waals surface area contributed by atoms with Crippen LogP contribution < -0.4 is 15.4 Å². The second kappa shape index (κ2) is 9.85. The van der Waals surface area contributed by atoms with Gasteiger partial charge in [0.05, 0.1) is 12.8 Å². The van der Waals surface area contributed by atoms with Gasteiger partial charge in [0.2, 0.25) is 5.91 Å². The van der Waals surface area contributed by atoms with Gasteiger partial charge in [-0.15, -0.1) is 0 Å². The molecule has 1 heterocycles. The van der Waals surface area contributed by atoms with E-state index in [9.17, 15) is 9.59 Å². The third-order valence-electron chi connectivity index (χ3n) is 5.66. The highest BCUT2D eigenvalue weighted by atomic mass is 35.5. The Morgan fingerprint density at radius 3 is 2.40 bits per heavy atom. The number of carbonyl (C=O) groups excluding carboxylic acids is 2. The van der Waals surface area contributed by atoms with Gasteiger partial charge in [-0.1, -0.05) is 24.6 Å². The summed E-state index contributed by atoms with van der Waals surface area (Å²) in [6.07, 6.45) is 1.57. The molecule has 0 aromatic heterocycles. The molecule has 1 fully saturated rings. The van der Waals surface area contributed by atoms with Crippen molar-refractivity contribution in [1.82, 2.24) is 4.90 Å². The van der Waals surface area contributed by atoms with Crippen LogP contribution in [0, 0.1) is 18.8 Å². The van der Waals surface area contributed by atoms with Crippen LogP contribution in [0.5, 0.6) is 5.75 Å². The average molecular weight is 430 g/mol. The number of carbonyl (C=O) groups is 2. The van der Waals surface area contributed by atoms with E-state index in [1.165, 1.54) is 0 Å². The van der Waals surface area contributed by atoms with Gasteiger partial charge in [0.1, 0.15) is 5.75 Å². The largest absolute Gasteiger partial charge is 0.495 e. The molecule has 0 bridgehead atoms. The lowest BCUT2D eigenvalue weighted by atomic mass is 9.85. The van der Waals surface area contributed by atoms with Crippen molar-refractivity contribution >= 4 is 34.9 Å². The molecular formula is C23H28ClN3O3. The second-order valence-electron chi connectivity index (χ2n) is 7.74. The number of halogens is 1. The first-order valence-corrected chi connectivity index (χ1v) is 10.5. The van der Waals surface area contributed by atoms with E-state index in [-0.39, 0.29) is 23.8 Å². The lowest BCUT2D eigenvalue weighted by Crippen LogP contribution is -2.43. The molecule has 1 atom stereocenters. The minimum absolute atomic E-state index is 0.0250. The van der Waals surface area contributed by atoms with Gasteiger partial charge in [-0.2, -0.15) is 0 Å². The van der Waals surface area contributed by atoms with E-state index in [4.69, 9.17) is 16.3 Å². The summed E-state index contributed by atoms with van der Waals surface area (Å²) in [5, 5.41) is 6.52. The molecule has 3 rings (SSSR count). The molecule has 1 saturated heterocycles. The Hall–Kier alpha value is -2.73. The molecule has 0 saturated carbocycles. The molecule has 1 unspecified atom stereocenters. The summed E-state index contributed by atoms with van der Waals surface area (Å²) in [5.41, 5.74) is 2.46. The molecule has 7 heteroatoms. The van der Waals surface area contributed by atoms with Gasteiger partial charge in [-0.3, -0.25) is 4.79 Å². The van der Waals surface area contributed by atoms with E-state index in [1.807, 2.05) is 32.0 Å². The second-order valence-corrected chi connectivity index (χ2v) is 8.18. The van der Waals surface area contributed by atoms with E-state index >= 15 is 0 Å². The number of urea groups is 1. The van der Waals surface area contributed by atoms with E-state index in [0.717, 1.165) is 18.4 Å². The molecule has 0 aliphatic carbocycles. The smallest absolute Gasteiger partial charge is 0.321 e. The van der Waals surface area contributed by atoms with Gasteiger partial charge in [-0.05, 0) is 67.6 Å². The third kappa shape index (κ3) is 5.45. The number of benzene rings is 2. The van der Waals surface area contributed by atoms with Gasteiger partial charge in [0.15, 0.2) is 0 Å². The summed E-state index contributed by atoms with van der Waals surface area (Å²) in [6, 6.07) is 12.6. The zero-order valence-corrected chi connectivity index (χ0v) is 18.3. The van der Waals surface area contributed by atoms with Crippen LogP contribution in [0.2, 0.25) is 5.02 Å². The fraction of sp³-hybridized carbons (Fsp3) is 0.391. The molecule has 1 aliphatic heterocycles. The summed E-state index contributed by atoms with van der Waals surface area (Å²) in [7, 11) is 1.59. The number of nitrogens with one attached hydrogen (secondary N) is 2. The highest BCUT2D eigenvalue weighted by Crippen LogP contribution is 2.29. The predicted octanol–water partition coefficient (Wildman–Crippen LogP) is 5.18. The highest BCUT2D eigenvalue weighted by Gasteiger charge is 2.30. The summed E-state index contributed by atoms with van der Waals surface area (Å²) in [4.78, 5) is 27.1. The zero-order chi connectivity index (χ0) is 21.7. The molecule has 0 spiro atoms. The number of ether oxygens (including phenoxy) is 1. The summed E-state index contributed by atoms with van der Waals surface area (Å²) in [5.74, 6) is 0.690. The van der Waals surface area contributed by atoms with Crippen LogP contribution >= 0.6 is 11.6 Å². The Balaban J connectivity index is 1.52. The lowest BCUT2D eigenvalue weighted by Gasteiger charge is -2.34. The van der Waals surface area contributed by atoms with Crippen molar-refractivity contribution in [3.8, 4) is 5.75 Å². The fourth-order valence-corrected chi connectivity index (χ4v) is 3.84. The maximum Gasteiger partial charge on any atom is 0.321 e. The number of hydrogen-bond donors (Lipinski definition) is 2. The van der Waals surface area contributed by atoms with Crippen molar-refractivity contribution in [2.24, 2.45) is 11.8 Å². The first-order chi connectivity index (χ1) is 14.4. The molecule has 0 radical (unpaired) electrons. The first-order valence-electron chi connectivity index (χ1n) is 10.1. The molecular weight excluding hydrogens is 402 g/mol. The van der Waals surface area contributed by atoms with Crippen LogP contribution in [0.4, 0.5) is 16.2 Å². The number of aryl methyl sites for hydroxylation is 1. The van der Waals surface area contributed by atoms with E-state index in [2.05, 4.69) is 10.6 Å². The van der Waals surface area contributed by atoms with Crippen molar-refractivity contribution in [2.75, 3.05) is 30.8 Å². The standard InChI is InChI=1S/C23H28ClN3O3/c1-15-4-9-21(30-3)20(14-15)26-22(28)16(2)17-10-12-27(13-11-17)23(29)25-19-7-5-18(24)6-8-19/h4-9,14,16-17H,10-13H2,1-3H3,(H,25,29)(H,26,28). The normalized spacial score (nSPS) is 15.4. The van der Waals surface area contributed by atoms with Crippen LogP contribution in [0.3, 0.4) is 0 Å². The Bertz CT molecular complexity index is 893. The van der Waals surface area contributed by atoms with Crippen molar-refractivity contribution < 1.29 is 14.3 Å². The number of hydrogen-bond acceptors (Lipinski definition) is 3. The van der Waals surface area contributed by atoms with E-state index in [0.29, 0.717) is 35.2 Å². The van der Waals surface area contributed by atoms with Gasteiger partial charge in [0, 0.05) is 29.7 Å². The Morgan fingerprint density at radius 2 is 1.77 bits per heavy atom. The number of amides is 3. The van der Waals surface area contributed by atoms with Crippen molar-refractivity contribution in [3.63, 3.8) is 0 Å². The number of methoxy groups -OCH3 is 1. The van der Waals surface area contributed by atoms with Crippen LogP contribution in [-0.2, 0) is 4.79 Å². The fourth-order valence-electron chi connectivity index (χ4n) is 3.72. The predicted molar refractivity (Wildman–Crippen MR) is 120 cm³/mol. The van der Waals surface area contributed by atoms with Crippen LogP contribution in [-0.4, -0.2) is 37.0 Å². The van der Waals surface area contributed by atoms with Crippen LogP contribution in [0.15, 0.2) is 42.5 Å². The molecule has 160 valence electrons. The monoisotopic (exact) mass is 429 g/mol. The Morgan fingerprint density at radius 1 is 1.10 bits per heavy atom. The van der Waals surface area contributed by atoms with Gasteiger partial charge >= 0.3 is 6.03 Å². The topological polar surface area (TPSA) is 70.7 Å². The maximum atomic E-state index is 12.8. The minimum atomic E-state index is -0.156. The zero-order valence-electron chi connectivity index (χ0n) is 17.6. The number of nitrogens with zero attached hydrogens (tertiary/aromatic N) is 1. The maximum absolute atomic E-state index is 12.8. The molecule has 2 aromatic carbocycles. The van der Waals surface area contributed by atoms with Crippen molar-refractivity contribution in [2.45, 2.75) is 26.7 Å². The van der Waals surface area contributed by atoms with Gasteiger partial charge in [-0.25, -0.2) is 4.79 Å². The summed E-state index contributed by atoms with van der Waals surface area (Å²) in [6.45, 7) is 5.17. The molecule has 1 aliphatic rings. The summed E-state index contributed by atoms with van der Waals surface area (Å²) < 4.78 is 5.35. The molecule has 3 amide bonds. The van der Waals surface area contributed by atoms with E-state index in [1.54, 1.807) is 36.3 Å². The van der Waals surface area contributed by atoms with Crippen molar-refractivity contribution in [1.29, 1.82) is 0 Å². The minimum Gasteiger partial charge on any atom is -0.495 e. The van der Waals surface area contributed by atoms with Gasteiger partial charge in [0.25, 0.3) is 0 Å². The molecule has 30 heavy (non-hydrogen) atoms. The van der Waals surface area contributed by atoms with Crippen molar-refractivity contribution in [3.05, 3.63) is 53.1 Å². The third-order valence-corrected chi connectivity index (χ3v) is 5.91. The van der Waals surface area contributed by atoms with Crippen LogP contribution in [0.1, 0.15) is 25.3 Å². The Labute approximate surface area is 182 Å². The number of piperidine rings is 1. The SMILES string of the molecule is COc1ccc(C)cc1NC(=O)C(C)C1CCN(C(=O)Nc2ccc(Cl)cc2)CC1. The number of anilines is 2. The van der Waals surface area contributed by atoms with Crippen LogP contribution in [0.25, 0.3) is 0 Å². The number of likely N-dealkylation sites (tertiary alicyclic amines) is 1.